The van der Waals surface area contributed by atoms with Crippen LogP contribution in [-0.4, -0.2) is 27.8 Å². The Kier molecular flexibility index (Phi) is 5.88. The largest absolute Gasteiger partial charge is 0.312 e. The zero-order chi connectivity index (χ0) is 10.9. The quantitative estimate of drug-likeness (QED) is 0.540. The van der Waals surface area contributed by atoms with E-state index in [0.29, 0.717) is 0 Å². The average molecular weight is 223 g/mol. The molecule has 0 aromatic carbocycles. The lowest BCUT2D eigenvalue weighted by atomic mass is 10.3. The fraction of sp³-hybridized carbons (Fsp3) is 0.364. The second kappa shape index (κ2) is 7.31. The van der Waals surface area contributed by atoms with Gasteiger partial charge in [-0.2, -0.15) is 16.9 Å². The molecule has 15 heavy (non-hydrogen) atoms. The summed E-state index contributed by atoms with van der Waals surface area (Å²) < 4.78 is 1.71. The van der Waals surface area contributed by atoms with E-state index in [1.54, 1.807) is 10.9 Å². The van der Waals surface area contributed by atoms with Gasteiger partial charge in [-0.05, 0) is 0 Å². The minimum atomic E-state index is 0.864. The van der Waals surface area contributed by atoms with Crippen molar-refractivity contribution in [3.05, 3.63) is 37.2 Å². The molecule has 0 bridgehead atoms. The minimum Gasteiger partial charge on any atom is -0.312 e. The Hall–Kier alpha value is -1.00. The molecule has 0 unspecified atom stereocenters. The SMILES string of the molecule is C=CCSCCNCc1cnn(C=C)c1. The third kappa shape index (κ3) is 4.85. The summed E-state index contributed by atoms with van der Waals surface area (Å²) in [6, 6.07) is 0. The molecule has 0 amide bonds. The van der Waals surface area contributed by atoms with Crippen LogP contribution in [0.15, 0.2) is 31.6 Å². The second-order valence-corrected chi connectivity index (χ2v) is 4.20. The summed E-state index contributed by atoms with van der Waals surface area (Å²) in [4.78, 5) is 0. The normalized spacial score (nSPS) is 10.1. The molecule has 0 radical (unpaired) electrons. The molecule has 82 valence electrons. The van der Waals surface area contributed by atoms with Crippen molar-refractivity contribution < 1.29 is 0 Å². The van der Waals surface area contributed by atoms with Crippen LogP contribution in [0.4, 0.5) is 0 Å². The fourth-order valence-electron chi connectivity index (χ4n) is 1.11. The van der Waals surface area contributed by atoms with Gasteiger partial charge in [-0.3, -0.25) is 0 Å². The minimum absolute atomic E-state index is 0.864. The molecule has 1 N–H and O–H groups in total. The van der Waals surface area contributed by atoms with E-state index < -0.39 is 0 Å². The highest BCUT2D eigenvalue weighted by Crippen LogP contribution is 1.99. The van der Waals surface area contributed by atoms with E-state index >= 15 is 0 Å². The standard InChI is InChI=1S/C11H17N3S/c1-3-6-15-7-5-12-8-11-9-13-14(4-2)10-11/h3-4,9-10,12H,1-2,5-8H2. The van der Waals surface area contributed by atoms with Gasteiger partial charge in [0.05, 0.1) is 6.20 Å². The van der Waals surface area contributed by atoms with E-state index in [-0.39, 0.29) is 0 Å². The van der Waals surface area contributed by atoms with Gasteiger partial charge in [0.25, 0.3) is 0 Å². The lowest BCUT2D eigenvalue weighted by molar-refractivity contribution is 0.732. The molecule has 1 aromatic heterocycles. The summed E-state index contributed by atoms with van der Waals surface area (Å²) in [7, 11) is 0. The van der Waals surface area contributed by atoms with E-state index in [9.17, 15) is 0 Å². The first kappa shape index (κ1) is 12.1. The van der Waals surface area contributed by atoms with E-state index in [2.05, 4.69) is 23.6 Å². The molecule has 0 aliphatic heterocycles. The smallest absolute Gasteiger partial charge is 0.0538 e. The maximum Gasteiger partial charge on any atom is 0.0538 e. The summed E-state index contributed by atoms with van der Waals surface area (Å²) in [5.74, 6) is 2.14. The van der Waals surface area contributed by atoms with E-state index in [0.717, 1.165) is 24.6 Å². The summed E-state index contributed by atoms with van der Waals surface area (Å²) in [6.07, 6.45) is 7.44. The van der Waals surface area contributed by atoms with Crippen molar-refractivity contribution in [2.75, 3.05) is 18.1 Å². The molecule has 0 fully saturated rings. The molecule has 0 aliphatic rings. The lowest BCUT2D eigenvalue weighted by Crippen LogP contribution is -2.16. The summed E-state index contributed by atoms with van der Waals surface area (Å²) >= 11 is 1.88. The van der Waals surface area contributed by atoms with Gasteiger partial charge in [-0.25, -0.2) is 4.68 Å². The van der Waals surface area contributed by atoms with Crippen LogP contribution < -0.4 is 5.32 Å². The number of hydrogen-bond donors (Lipinski definition) is 1. The highest BCUT2D eigenvalue weighted by molar-refractivity contribution is 7.99. The van der Waals surface area contributed by atoms with E-state index in [1.807, 2.05) is 30.2 Å². The van der Waals surface area contributed by atoms with Crippen molar-refractivity contribution in [1.29, 1.82) is 0 Å². The molecule has 0 atom stereocenters. The Morgan fingerprint density at radius 1 is 1.53 bits per heavy atom. The Morgan fingerprint density at radius 3 is 3.07 bits per heavy atom. The van der Waals surface area contributed by atoms with Crippen molar-refractivity contribution in [3.8, 4) is 0 Å². The highest BCUT2D eigenvalue weighted by Gasteiger charge is 1.95. The number of aromatic nitrogens is 2. The zero-order valence-corrected chi connectivity index (χ0v) is 9.67. The second-order valence-electron chi connectivity index (χ2n) is 3.05. The molecule has 3 nitrogen and oxygen atoms in total. The topological polar surface area (TPSA) is 29.9 Å². The van der Waals surface area contributed by atoms with E-state index in [1.165, 1.54) is 5.56 Å². The number of rotatable bonds is 8. The molecule has 1 heterocycles. The Bertz CT molecular complexity index is 307. The predicted octanol–water partition coefficient (Wildman–Crippen LogP) is 1.99. The Balaban J connectivity index is 2.09. The predicted molar refractivity (Wildman–Crippen MR) is 67.8 cm³/mol. The van der Waals surface area contributed by atoms with Crippen LogP contribution in [0.2, 0.25) is 0 Å². The third-order valence-corrected chi connectivity index (χ3v) is 2.79. The first-order chi connectivity index (χ1) is 7.36. The van der Waals surface area contributed by atoms with Gasteiger partial charge >= 0.3 is 0 Å². The molecular formula is C11H17N3S. The summed E-state index contributed by atoms with van der Waals surface area (Å²) in [5, 5.41) is 7.46. The number of nitrogens with one attached hydrogen (secondary N) is 1. The number of thioether (sulfide) groups is 1. The zero-order valence-electron chi connectivity index (χ0n) is 8.85. The van der Waals surface area contributed by atoms with Crippen LogP contribution >= 0.6 is 11.8 Å². The first-order valence-corrected chi connectivity index (χ1v) is 6.07. The molecule has 0 saturated heterocycles. The van der Waals surface area contributed by atoms with Crippen molar-refractivity contribution >= 4 is 18.0 Å². The van der Waals surface area contributed by atoms with Crippen LogP contribution in [0.3, 0.4) is 0 Å². The highest BCUT2D eigenvalue weighted by atomic mass is 32.2. The molecule has 0 aliphatic carbocycles. The van der Waals surface area contributed by atoms with Crippen LogP contribution in [0, 0.1) is 0 Å². The van der Waals surface area contributed by atoms with Crippen LogP contribution in [0.1, 0.15) is 5.56 Å². The molecule has 0 saturated carbocycles. The molecule has 1 aromatic rings. The van der Waals surface area contributed by atoms with Crippen molar-refractivity contribution in [1.82, 2.24) is 15.1 Å². The van der Waals surface area contributed by atoms with Crippen molar-refractivity contribution in [2.45, 2.75) is 6.54 Å². The van der Waals surface area contributed by atoms with Gasteiger partial charge in [0, 0.05) is 42.6 Å². The monoisotopic (exact) mass is 223 g/mol. The number of hydrogen-bond acceptors (Lipinski definition) is 3. The van der Waals surface area contributed by atoms with Gasteiger partial charge < -0.3 is 5.32 Å². The molecule has 1 rings (SSSR count). The van der Waals surface area contributed by atoms with Gasteiger partial charge in [0.2, 0.25) is 0 Å². The van der Waals surface area contributed by atoms with Gasteiger partial charge in [0.15, 0.2) is 0 Å². The lowest BCUT2D eigenvalue weighted by Gasteiger charge is -2.01. The Morgan fingerprint density at radius 2 is 2.40 bits per heavy atom. The third-order valence-electron chi connectivity index (χ3n) is 1.83. The van der Waals surface area contributed by atoms with Crippen molar-refractivity contribution in [3.63, 3.8) is 0 Å². The van der Waals surface area contributed by atoms with Gasteiger partial charge in [-0.1, -0.05) is 12.7 Å². The van der Waals surface area contributed by atoms with Crippen molar-refractivity contribution in [2.24, 2.45) is 0 Å². The summed E-state index contributed by atoms with van der Waals surface area (Å²) in [6.45, 7) is 9.19. The van der Waals surface area contributed by atoms with E-state index in [4.69, 9.17) is 0 Å². The van der Waals surface area contributed by atoms with Crippen LogP contribution in [0.5, 0.6) is 0 Å². The van der Waals surface area contributed by atoms with Crippen LogP contribution in [-0.2, 0) is 6.54 Å². The average Bonchev–Trinajstić information content (AvgIpc) is 2.71. The number of nitrogens with zero attached hydrogens (tertiary/aromatic N) is 2. The van der Waals surface area contributed by atoms with Gasteiger partial charge in [-0.15, -0.1) is 6.58 Å². The maximum absolute atomic E-state index is 4.10. The Labute approximate surface area is 95.3 Å². The van der Waals surface area contributed by atoms with Crippen LogP contribution in [0.25, 0.3) is 6.20 Å². The van der Waals surface area contributed by atoms with Gasteiger partial charge in [0.1, 0.15) is 0 Å². The fourth-order valence-corrected chi connectivity index (χ4v) is 1.73. The molecular weight excluding hydrogens is 206 g/mol. The summed E-state index contributed by atoms with van der Waals surface area (Å²) in [5.41, 5.74) is 1.18. The maximum atomic E-state index is 4.10. The first-order valence-electron chi connectivity index (χ1n) is 4.91. The molecule has 4 heteroatoms. The molecule has 0 spiro atoms.